The first-order valence-corrected chi connectivity index (χ1v) is 5.60. The van der Waals surface area contributed by atoms with E-state index >= 15 is 0 Å². The molecule has 0 bridgehead atoms. The first kappa shape index (κ1) is 13.5. The van der Waals surface area contributed by atoms with E-state index in [0.717, 1.165) is 0 Å². The molecule has 1 rings (SSSR count). The Kier molecular flexibility index (Phi) is 4.10. The molecule has 0 amide bonds. The van der Waals surface area contributed by atoms with Gasteiger partial charge in [-0.15, -0.1) is 0 Å². The molecular weight excluding hydrogens is 218 g/mol. The maximum Gasteiger partial charge on any atom is 0.168 e. The molecule has 17 heavy (non-hydrogen) atoms. The highest BCUT2D eigenvalue weighted by molar-refractivity contribution is 6.22. The summed E-state index contributed by atoms with van der Waals surface area (Å²) in [4.78, 5) is 16.8. The van der Waals surface area contributed by atoms with Crippen LogP contribution in [0, 0.1) is 5.41 Å². The molecule has 0 fully saturated rings. The van der Waals surface area contributed by atoms with E-state index in [1.807, 2.05) is 13.8 Å². The monoisotopic (exact) mass is 237 g/mol. The fraction of sp³-hybridized carbons (Fsp3) is 0.538. The summed E-state index contributed by atoms with van der Waals surface area (Å²) < 4.78 is 0. The maximum atomic E-state index is 11.9. The summed E-state index contributed by atoms with van der Waals surface area (Å²) in [6.45, 7) is 9.35. The van der Waals surface area contributed by atoms with Gasteiger partial charge in [0.1, 0.15) is 12.4 Å². The molecule has 4 nitrogen and oxygen atoms in total. The predicted octanol–water partition coefficient (Wildman–Crippen LogP) is 2.77. The van der Waals surface area contributed by atoms with Crippen molar-refractivity contribution in [2.24, 2.45) is 10.6 Å². The van der Waals surface area contributed by atoms with Gasteiger partial charge in [0.15, 0.2) is 5.78 Å². The summed E-state index contributed by atoms with van der Waals surface area (Å²) in [5.74, 6) is 0.0249. The van der Waals surface area contributed by atoms with E-state index in [4.69, 9.17) is 4.84 Å². The van der Waals surface area contributed by atoms with Gasteiger partial charge in [-0.3, -0.25) is 4.79 Å². The van der Waals surface area contributed by atoms with E-state index < -0.39 is 0 Å². The highest BCUT2D eigenvalue weighted by atomic mass is 16.6. The van der Waals surface area contributed by atoms with Crippen LogP contribution in [0.2, 0.25) is 0 Å². The Hall–Kier alpha value is -1.58. The Bertz CT molecular complexity index is 391. The molecule has 0 spiro atoms. The van der Waals surface area contributed by atoms with Crippen molar-refractivity contribution in [3.63, 3.8) is 0 Å². The van der Waals surface area contributed by atoms with Gasteiger partial charge in [-0.2, -0.15) is 0 Å². The van der Waals surface area contributed by atoms with Gasteiger partial charge in [-0.25, -0.2) is 0 Å². The van der Waals surface area contributed by atoms with E-state index in [9.17, 15) is 9.90 Å². The zero-order chi connectivity index (χ0) is 13.1. The summed E-state index contributed by atoms with van der Waals surface area (Å²) in [5, 5.41) is 13.7. The van der Waals surface area contributed by atoms with Crippen LogP contribution in [0.25, 0.3) is 0 Å². The summed E-state index contributed by atoms with van der Waals surface area (Å²) in [5.41, 5.74) is 0.533. The van der Waals surface area contributed by atoms with Crippen molar-refractivity contribution in [3.8, 4) is 0 Å². The number of Topliss-reactive ketones (excluding diaryl/α,β-unsaturated/α-hetero) is 1. The molecule has 0 saturated heterocycles. The SMILES string of the molecule is C=CCON=C(C)C1=C(O)CC(C)(C)CC1=O. The average Bonchev–Trinajstić information content (AvgIpc) is 2.14. The maximum absolute atomic E-state index is 11.9. The number of aliphatic hydroxyl groups excluding tert-OH is 1. The summed E-state index contributed by atoms with van der Waals surface area (Å²) >= 11 is 0. The Morgan fingerprint density at radius 1 is 1.59 bits per heavy atom. The number of ketones is 1. The quantitative estimate of drug-likeness (QED) is 0.354. The Morgan fingerprint density at radius 2 is 2.24 bits per heavy atom. The topological polar surface area (TPSA) is 58.9 Å². The summed E-state index contributed by atoms with van der Waals surface area (Å²) in [6, 6.07) is 0. The number of rotatable bonds is 4. The zero-order valence-electron chi connectivity index (χ0n) is 10.6. The van der Waals surface area contributed by atoms with Gasteiger partial charge in [0, 0.05) is 12.8 Å². The molecule has 0 unspecified atom stereocenters. The largest absolute Gasteiger partial charge is 0.511 e. The van der Waals surface area contributed by atoms with Gasteiger partial charge >= 0.3 is 0 Å². The van der Waals surface area contributed by atoms with Crippen LogP contribution in [0.1, 0.15) is 33.6 Å². The smallest absolute Gasteiger partial charge is 0.168 e. The minimum Gasteiger partial charge on any atom is -0.511 e. The van der Waals surface area contributed by atoms with Crippen molar-refractivity contribution in [1.29, 1.82) is 0 Å². The molecule has 1 aliphatic carbocycles. The third-order valence-corrected chi connectivity index (χ3v) is 2.61. The lowest BCUT2D eigenvalue weighted by Crippen LogP contribution is -2.28. The van der Waals surface area contributed by atoms with E-state index in [2.05, 4.69) is 11.7 Å². The Balaban J connectivity index is 2.92. The number of hydrogen-bond donors (Lipinski definition) is 1. The van der Waals surface area contributed by atoms with Crippen LogP contribution in [0.15, 0.2) is 29.1 Å². The normalized spacial score (nSPS) is 20.4. The summed E-state index contributed by atoms with van der Waals surface area (Å²) in [6.07, 6.45) is 2.47. The second-order valence-corrected chi connectivity index (χ2v) is 5.02. The van der Waals surface area contributed by atoms with Crippen molar-refractivity contribution in [2.75, 3.05) is 6.61 Å². The van der Waals surface area contributed by atoms with Crippen LogP contribution >= 0.6 is 0 Å². The average molecular weight is 237 g/mol. The van der Waals surface area contributed by atoms with E-state index in [-0.39, 0.29) is 23.6 Å². The van der Waals surface area contributed by atoms with Crippen molar-refractivity contribution in [1.82, 2.24) is 0 Å². The van der Waals surface area contributed by atoms with Crippen molar-refractivity contribution in [3.05, 3.63) is 24.0 Å². The van der Waals surface area contributed by atoms with E-state index in [0.29, 0.717) is 24.1 Å². The van der Waals surface area contributed by atoms with Gasteiger partial charge in [0.25, 0.3) is 0 Å². The van der Waals surface area contributed by atoms with Crippen molar-refractivity contribution in [2.45, 2.75) is 33.6 Å². The number of hydrogen-bond acceptors (Lipinski definition) is 4. The van der Waals surface area contributed by atoms with Crippen LogP contribution in [0.5, 0.6) is 0 Å². The van der Waals surface area contributed by atoms with E-state index in [1.165, 1.54) is 0 Å². The second-order valence-electron chi connectivity index (χ2n) is 5.02. The lowest BCUT2D eigenvalue weighted by atomic mass is 9.76. The number of carbonyl (C=O) groups is 1. The highest BCUT2D eigenvalue weighted by Gasteiger charge is 2.34. The third-order valence-electron chi connectivity index (χ3n) is 2.61. The standard InChI is InChI=1S/C13H19NO3/c1-5-6-17-14-9(2)12-10(15)7-13(3,4)8-11(12)16/h5,15H,1,6-8H2,2-4H3. The van der Waals surface area contributed by atoms with Crippen LogP contribution in [-0.4, -0.2) is 23.2 Å². The molecule has 0 aromatic heterocycles. The van der Waals surface area contributed by atoms with Gasteiger partial charge in [0.2, 0.25) is 0 Å². The molecule has 0 aromatic carbocycles. The lowest BCUT2D eigenvalue weighted by molar-refractivity contribution is -0.118. The van der Waals surface area contributed by atoms with Crippen molar-refractivity contribution < 1.29 is 14.7 Å². The fourth-order valence-corrected chi connectivity index (χ4v) is 1.93. The molecule has 4 heteroatoms. The number of nitrogens with zero attached hydrogens (tertiary/aromatic N) is 1. The van der Waals surface area contributed by atoms with Gasteiger partial charge in [-0.05, 0) is 12.3 Å². The van der Waals surface area contributed by atoms with Crippen LogP contribution < -0.4 is 0 Å². The van der Waals surface area contributed by atoms with E-state index in [1.54, 1.807) is 13.0 Å². The fourth-order valence-electron chi connectivity index (χ4n) is 1.93. The Labute approximate surface area is 102 Å². The first-order chi connectivity index (χ1) is 7.87. The molecule has 0 saturated carbocycles. The van der Waals surface area contributed by atoms with Crippen LogP contribution in [0.4, 0.5) is 0 Å². The molecule has 0 atom stereocenters. The zero-order valence-corrected chi connectivity index (χ0v) is 10.6. The first-order valence-electron chi connectivity index (χ1n) is 5.60. The predicted molar refractivity (Wildman–Crippen MR) is 66.9 cm³/mol. The molecular formula is C13H19NO3. The van der Waals surface area contributed by atoms with Crippen LogP contribution in [0.3, 0.4) is 0 Å². The van der Waals surface area contributed by atoms with Gasteiger partial charge in [-0.1, -0.05) is 31.7 Å². The molecule has 0 aliphatic heterocycles. The molecule has 1 N–H and O–H groups in total. The molecule has 94 valence electrons. The number of aliphatic hydroxyl groups is 1. The highest BCUT2D eigenvalue weighted by Crippen LogP contribution is 2.36. The molecule has 0 aromatic rings. The number of allylic oxidation sites excluding steroid dienone is 2. The van der Waals surface area contributed by atoms with Crippen molar-refractivity contribution >= 4 is 11.5 Å². The third kappa shape index (κ3) is 3.44. The van der Waals surface area contributed by atoms with Gasteiger partial charge in [0.05, 0.1) is 11.3 Å². The second kappa shape index (κ2) is 5.17. The molecule has 1 aliphatic rings. The molecule has 0 radical (unpaired) electrons. The van der Waals surface area contributed by atoms with Crippen LogP contribution in [-0.2, 0) is 9.63 Å². The van der Waals surface area contributed by atoms with Gasteiger partial charge < -0.3 is 9.94 Å². The minimum atomic E-state index is -0.188. The minimum absolute atomic E-state index is 0.0813. The Morgan fingerprint density at radius 3 is 2.76 bits per heavy atom. The lowest BCUT2D eigenvalue weighted by Gasteiger charge is -2.29. The summed E-state index contributed by atoms with van der Waals surface area (Å²) in [7, 11) is 0. The molecule has 0 heterocycles. The number of carbonyl (C=O) groups excluding carboxylic acids is 1. The number of oxime groups is 1.